The van der Waals surface area contributed by atoms with Crippen molar-refractivity contribution in [3.8, 4) is 0 Å². The molecule has 30 heavy (non-hydrogen) atoms. The quantitative estimate of drug-likeness (QED) is 0.506. The van der Waals surface area contributed by atoms with Crippen LogP contribution in [0.25, 0.3) is 0 Å². The third kappa shape index (κ3) is 4.76. The van der Waals surface area contributed by atoms with Gasteiger partial charge in [0.1, 0.15) is 0 Å². The molecule has 3 rings (SSSR count). The second-order valence-corrected chi connectivity index (χ2v) is 10.6. The predicted octanol–water partition coefficient (Wildman–Crippen LogP) is 2.47. The summed E-state index contributed by atoms with van der Waals surface area (Å²) in [4.78, 5) is 10.6. The zero-order valence-corrected chi connectivity index (χ0v) is 17.9. The summed E-state index contributed by atoms with van der Waals surface area (Å²) in [5, 5.41) is 15.4. The minimum absolute atomic E-state index is 0.133. The van der Waals surface area contributed by atoms with Crippen LogP contribution in [-0.2, 0) is 20.0 Å². The smallest absolute Gasteiger partial charge is 0.269 e. The van der Waals surface area contributed by atoms with Crippen molar-refractivity contribution in [1.29, 1.82) is 0 Å². The molecule has 2 aromatic rings. The van der Waals surface area contributed by atoms with E-state index in [2.05, 4.69) is 9.82 Å². The molecule has 0 unspecified atom stereocenters. The van der Waals surface area contributed by atoms with E-state index in [1.165, 1.54) is 25.1 Å². The third-order valence-corrected chi connectivity index (χ3v) is 6.75. The second-order valence-electron chi connectivity index (χ2n) is 6.74. The van der Waals surface area contributed by atoms with E-state index >= 15 is 0 Å². The number of hydrazone groups is 1. The van der Waals surface area contributed by atoms with Crippen molar-refractivity contribution < 1.29 is 21.8 Å². The van der Waals surface area contributed by atoms with Crippen LogP contribution in [0.15, 0.2) is 53.6 Å². The summed E-state index contributed by atoms with van der Waals surface area (Å²) in [5.41, 5.74) is 1.81. The zero-order chi connectivity index (χ0) is 22.1. The first-order valence-corrected chi connectivity index (χ1v) is 12.4. The van der Waals surface area contributed by atoms with Crippen molar-refractivity contribution in [1.82, 2.24) is 4.41 Å². The van der Waals surface area contributed by atoms with E-state index in [9.17, 15) is 26.9 Å². The Kier molecular flexibility index (Phi) is 5.81. The van der Waals surface area contributed by atoms with Gasteiger partial charge in [0, 0.05) is 24.2 Å². The van der Waals surface area contributed by atoms with E-state index in [0.29, 0.717) is 22.5 Å². The summed E-state index contributed by atoms with van der Waals surface area (Å²) in [5.74, 6) is -0.174. The van der Waals surface area contributed by atoms with E-state index in [4.69, 9.17) is 0 Å². The largest absolute Gasteiger partial charge is 0.284 e. The van der Waals surface area contributed by atoms with Crippen molar-refractivity contribution >= 4 is 37.1 Å². The van der Waals surface area contributed by atoms with Gasteiger partial charge in [0.2, 0.25) is 20.0 Å². The van der Waals surface area contributed by atoms with Gasteiger partial charge in [0.15, 0.2) is 0 Å². The van der Waals surface area contributed by atoms with Crippen LogP contribution in [0.4, 0.5) is 11.4 Å². The third-order valence-electron chi connectivity index (χ3n) is 4.51. The number of anilines is 1. The number of hydrogen-bond acceptors (Lipinski definition) is 7. The average molecular weight is 453 g/mol. The van der Waals surface area contributed by atoms with E-state index in [1.807, 2.05) is 0 Å². The minimum Gasteiger partial charge on any atom is -0.284 e. The molecular formula is C18H20N4O6S2. The molecule has 0 bridgehead atoms. The molecule has 1 aliphatic rings. The number of sulfonamides is 2. The Bertz CT molecular complexity index is 1210. The molecule has 12 heteroatoms. The SMILES string of the molecule is CCS(=O)(=O)N1N=C(c2ccc(NS(C)(=O)=O)cc2)C[C@@H]1c1cccc([N+](=O)[O-])c1. The standard InChI is InChI=1S/C18H20N4O6S2/c1-3-30(27,28)21-18(14-5-4-6-16(11-14)22(23)24)12-17(19-21)13-7-9-15(10-8-13)20-29(2,25)26/h4-11,18,20H,3,12H2,1-2H3/t18-/m1/s1. The van der Waals surface area contributed by atoms with Crippen LogP contribution in [-0.4, -0.2) is 43.9 Å². The van der Waals surface area contributed by atoms with Gasteiger partial charge in [-0.2, -0.15) is 9.52 Å². The maximum Gasteiger partial charge on any atom is 0.269 e. The van der Waals surface area contributed by atoms with Gasteiger partial charge in [-0.1, -0.05) is 24.3 Å². The maximum atomic E-state index is 12.6. The molecule has 0 saturated carbocycles. The van der Waals surface area contributed by atoms with Gasteiger partial charge in [-0.05, 0) is 30.2 Å². The van der Waals surface area contributed by atoms with Gasteiger partial charge in [-0.25, -0.2) is 16.8 Å². The number of nitrogens with zero attached hydrogens (tertiary/aromatic N) is 3. The Balaban J connectivity index is 1.97. The molecule has 1 atom stereocenters. The van der Waals surface area contributed by atoms with Gasteiger partial charge in [0.25, 0.3) is 5.69 Å². The number of hydrogen-bond donors (Lipinski definition) is 1. The lowest BCUT2D eigenvalue weighted by atomic mass is 9.99. The topological polar surface area (TPSA) is 139 Å². The molecule has 0 amide bonds. The fourth-order valence-electron chi connectivity index (χ4n) is 3.09. The first-order chi connectivity index (χ1) is 14.0. The molecule has 0 aliphatic carbocycles. The monoisotopic (exact) mass is 452 g/mol. The molecule has 0 saturated heterocycles. The zero-order valence-electron chi connectivity index (χ0n) is 16.2. The Hall–Kier alpha value is -2.99. The highest BCUT2D eigenvalue weighted by molar-refractivity contribution is 7.92. The first-order valence-electron chi connectivity index (χ1n) is 8.92. The first kappa shape index (κ1) is 21.7. The van der Waals surface area contributed by atoms with Crippen molar-refractivity contribution in [2.45, 2.75) is 19.4 Å². The Morgan fingerprint density at radius 3 is 2.40 bits per heavy atom. The number of nitro benzene ring substituents is 1. The molecule has 0 fully saturated rings. The maximum absolute atomic E-state index is 12.6. The average Bonchev–Trinajstić information content (AvgIpc) is 3.14. The van der Waals surface area contributed by atoms with Crippen molar-refractivity contribution in [3.63, 3.8) is 0 Å². The molecule has 0 radical (unpaired) electrons. The predicted molar refractivity (Wildman–Crippen MR) is 113 cm³/mol. The highest BCUT2D eigenvalue weighted by atomic mass is 32.2. The summed E-state index contributed by atoms with van der Waals surface area (Å²) in [7, 11) is -7.14. The Morgan fingerprint density at radius 1 is 1.17 bits per heavy atom. The van der Waals surface area contributed by atoms with Crippen LogP contribution in [0.2, 0.25) is 0 Å². The molecule has 2 aromatic carbocycles. The van der Waals surface area contributed by atoms with E-state index in [1.54, 1.807) is 30.3 Å². The number of rotatable bonds is 7. The van der Waals surface area contributed by atoms with Crippen LogP contribution in [0.1, 0.15) is 30.5 Å². The molecule has 1 aliphatic heterocycles. The fraction of sp³-hybridized carbons (Fsp3) is 0.278. The van der Waals surface area contributed by atoms with Gasteiger partial charge >= 0.3 is 0 Å². The van der Waals surface area contributed by atoms with Gasteiger partial charge in [-0.3, -0.25) is 14.8 Å². The van der Waals surface area contributed by atoms with E-state index in [-0.39, 0.29) is 17.9 Å². The second kappa shape index (κ2) is 8.03. The Morgan fingerprint density at radius 2 is 1.83 bits per heavy atom. The number of nitro groups is 1. The summed E-state index contributed by atoms with van der Waals surface area (Å²) >= 11 is 0. The molecule has 160 valence electrons. The number of benzene rings is 2. The minimum atomic E-state index is -3.72. The van der Waals surface area contributed by atoms with Crippen LogP contribution in [0.5, 0.6) is 0 Å². The van der Waals surface area contributed by atoms with Crippen LogP contribution in [0, 0.1) is 10.1 Å². The van der Waals surface area contributed by atoms with Gasteiger partial charge in [0.05, 0.1) is 28.7 Å². The van der Waals surface area contributed by atoms with Crippen molar-refractivity contribution in [2.75, 3.05) is 16.7 Å². The number of nitrogens with one attached hydrogen (secondary N) is 1. The lowest BCUT2D eigenvalue weighted by Gasteiger charge is -2.22. The van der Waals surface area contributed by atoms with Crippen LogP contribution >= 0.6 is 0 Å². The summed E-state index contributed by atoms with van der Waals surface area (Å²) < 4.78 is 51.3. The summed E-state index contributed by atoms with van der Waals surface area (Å²) in [6.45, 7) is 1.50. The van der Waals surface area contributed by atoms with Crippen molar-refractivity contribution in [3.05, 3.63) is 69.8 Å². The number of non-ortho nitro benzene ring substituents is 1. The fourth-order valence-corrected chi connectivity index (χ4v) is 4.73. The highest BCUT2D eigenvalue weighted by Gasteiger charge is 2.36. The van der Waals surface area contributed by atoms with E-state index < -0.39 is 31.0 Å². The molecule has 0 spiro atoms. The molecule has 1 heterocycles. The molecule has 0 aromatic heterocycles. The lowest BCUT2D eigenvalue weighted by Crippen LogP contribution is -2.28. The van der Waals surface area contributed by atoms with Gasteiger partial charge < -0.3 is 0 Å². The normalized spacial score (nSPS) is 16.9. The summed E-state index contributed by atoms with van der Waals surface area (Å²) in [6.07, 6.45) is 1.26. The molecular weight excluding hydrogens is 432 g/mol. The summed E-state index contributed by atoms with van der Waals surface area (Å²) in [6, 6.07) is 11.5. The molecule has 1 N–H and O–H groups in total. The van der Waals surface area contributed by atoms with Crippen molar-refractivity contribution in [2.24, 2.45) is 5.10 Å². The molecule has 10 nitrogen and oxygen atoms in total. The Labute approximate surface area is 174 Å². The lowest BCUT2D eigenvalue weighted by molar-refractivity contribution is -0.384. The van der Waals surface area contributed by atoms with Crippen LogP contribution in [0.3, 0.4) is 0 Å². The van der Waals surface area contributed by atoms with Gasteiger partial charge in [-0.15, -0.1) is 0 Å². The highest BCUT2D eigenvalue weighted by Crippen LogP contribution is 2.36. The van der Waals surface area contributed by atoms with E-state index in [0.717, 1.165) is 10.7 Å². The van der Waals surface area contributed by atoms with Crippen LogP contribution < -0.4 is 4.72 Å².